The number of nitrogens with zero attached hydrogens (tertiary/aromatic N) is 1. The van der Waals surface area contributed by atoms with Gasteiger partial charge in [0, 0.05) is 13.1 Å². The molecule has 2 rings (SSSR count). The molecule has 0 amide bonds. The van der Waals surface area contributed by atoms with Crippen LogP contribution in [0.1, 0.15) is 12.5 Å². The van der Waals surface area contributed by atoms with Gasteiger partial charge >= 0.3 is 0 Å². The molecular weight excluding hydrogens is 174 g/mol. The second kappa shape index (κ2) is 4.01. The normalized spacial score (nSPS) is 17.9. The highest BCUT2D eigenvalue weighted by Gasteiger charge is 2.26. The molecule has 1 aliphatic heterocycles. The Labute approximate surface area is 85.5 Å². The van der Waals surface area contributed by atoms with Crippen LogP contribution in [0.25, 0.3) is 0 Å². The lowest BCUT2D eigenvalue weighted by atomic mass is 10.1. The minimum absolute atomic E-state index is 0.400. The van der Waals surface area contributed by atoms with E-state index in [2.05, 4.69) is 30.9 Å². The van der Waals surface area contributed by atoms with Crippen LogP contribution < -0.4 is 4.74 Å². The molecule has 0 aliphatic carbocycles. The van der Waals surface area contributed by atoms with Gasteiger partial charge in [-0.1, -0.05) is 19.1 Å². The van der Waals surface area contributed by atoms with E-state index in [0.29, 0.717) is 6.10 Å². The predicted molar refractivity (Wildman–Crippen MR) is 57.7 cm³/mol. The van der Waals surface area contributed by atoms with Crippen LogP contribution in [0.3, 0.4) is 0 Å². The summed E-state index contributed by atoms with van der Waals surface area (Å²) in [7, 11) is 0. The van der Waals surface area contributed by atoms with Gasteiger partial charge in [-0.15, -0.1) is 0 Å². The van der Waals surface area contributed by atoms with E-state index >= 15 is 0 Å². The SMILES string of the molecule is CCN1CC(Oc2cccc(C)c2)C1. The van der Waals surface area contributed by atoms with E-state index in [1.165, 1.54) is 5.56 Å². The zero-order valence-electron chi connectivity index (χ0n) is 8.86. The summed E-state index contributed by atoms with van der Waals surface area (Å²) in [5, 5.41) is 0. The lowest BCUT2D eigenvalue weighted by Crippen LogP contribution is -2.53. The highest BCUT2D eigenvalue weighted by atomic mass is 16.5. The Morgan fingerprint density at radius 3 is 2.86 bits per heavy atom. The first-order valence-corrected chi connectivity index (χ1v) is 5.23. The molecule has 0 radical (unpaired) electrons. The van der Waals surface area contributed by atoms with Gasteiger partial charge in [0.2, 0.25) is 0 Å². The third-order valence-corrected chi connectivity index (χ3v) is 2.66. The first-order chi connectivity index (χ1) is 6.78. The van der Waals surface area contributed by atoms with Gasteiger partial charge in [0.1, 0.15) is 11.9 Å². The maximum atomic E-state index is 5.82. The van der Waals surface area contributed by atoms with Gasteiger partial charge in [-0.2, -0.15) is 0 Å². The van der Waals surface area contributed by atoms with Crippen LogP contribution >= 0.6 is 0 Å². The van der Waals surface area contributed by atoms with E-state index < -0.39 is 0 Å². The number of hydrogen-bond acceptors (Lipinski definition) is 2. The molecule has 1 aromatic carbocycles. The fraction of sp³-hybridized carbons (Fsp3) is 0.500. The maximum Gasteiger partial charge on any atom is 0.124 e. The summed E-state index contributed by atoms with van der Waals surface area (Å²) in [5.74, 6) is 1.01. The van der Waals surface area contributed by atoms with Crippen LogP contribution in [0.15, 0.2) is 24.3 Å². The number of benzene rings is 1. The summed E-state index contributed by atoms with van der Waals surface area (Å²) in [6, 6.07) is 8.25. The fourth-order valence-electron chi connectivity index (χ4n) is 1.74. The summed E-state index contributed by atoms with van der Waals surface area (Å²) in [6.45, 7) is 7.55. The van der Waals surface area contributed by atoms with Crippen LogP contribution in [-0.4, -0.2) is 30.6 Å². The van der Waals surface area contributed by atoms with Crippen molar-refractivity contribution in [2.75, 3.05) is 19.6 Å². The first-order valence-electron chi connectivity index (χ1n) is 5.23. The van der Waals surface area contributed by atoms with E-state index in [1.807, 2.05) is 12.1 Å². The molecule has 1 aliphatic rings. The van der Waals surface area contributed by atoms with Crippen molar-refractivity contribution in [1.82, 2.24) is 4.90 Å². The number of hydrogen-bond donors (Lipinski definition) is 0. The second-order valence-electron chi connectivity index (χ2n) is 3.91. The standard InChI is InChI=1S/C12H17NO/c1-3-13-8-12(9-13)14-11-6-4-5-10(2)7-11/h4-7,12H,3,8-9H2,1-2H3. The molecule has 0 N–H and O–H groups in total. The van der Waals surface area contributed by atoms with Crippen LogP contribution in [0.5, 0.6) is 5.75 Å². The van der Waals surface area contributed by atoms with Gasteiger partial charge in [0.25, 0.3) is 0 Å². The Balaban J connectivity index is 1.87. The van der Waals surface area contributed by atoms with E-state index in [9.17, 15) is 0 Å². The van der Waals surface area contributed by atoms with E-state index in [-0.39, 0.29) is 0 Å². The van der Waals surface area contributed by atoms with Crippen LogP contribution in [0.2, 0.25) is 0 Å². The number of ether oxygens (including phenoxy) is 1. The third-order valence-electron chi connectivity index (χ3n) is 2.66. The smallest absolute Gasteiger partial charge is 0.124 e. The molecular formula is C12H17NO. The van der Waals surface area contributed by atoms with Crippen LogP contribution in [0.4, 0.5) is 0 Å². The van der Waals surface area contributed by atoms with E-state index in [4.69, 9.17) is 4.74 Å². The summed E-state index contributed by atoms with van der Waals surface area (Å²) in [5.41, 5.74) is 1.26. The summed E-state index contributed by atoms with van der Waals surface area (Å²) in [4.78, 5) is 2.38. The third kappa shape index (κ3) is 2.07. The maximum absolute atomic E-state index is 5.82. The fourth-order valence-corrected chi connectivity index (χ4v) is 1.74. The van der Waals surface area contributed by atoms with Crippen molar-refractivity contribution in [1.29, 1.82) is 0 Å². The molecule has 0 atom stereocenters. The van der Waals surface area contributed by atoms with Gasteiger partial charge in [-0.25, -0.2) is 0 Å². The molecule has 14 heavy (non-hydrogen) atoms. The topological polar surface area (TPSA) is 12.5 Å². The Morgan fingerprint density at radius 1 is 1.43 bits per heavy atom. The Kier molecular flexibility index (Phi) is 2.73. The molecule has 2 nitrogen and oxygen atoms in total. The monoisotopic (exact) mass is 191 g/mol. The molecule has 0 spiro atoms. The van der Waals surface area contributed by atoms with Gasteiger partial charge in [-0.3, -0.25) is 4.90 Å². The minimum Gasteiger partial charge on any atom is -0.488 e. The summed E-state index contributed by atoms with van der Waals surface area (Å²) >= 11 is 0. The van der Waals surface area contributed by atoms with Crippen molar-refractivity contribution >= 4 is 0 Å². The van der Waals surface area contributed by atoms with Gasteiger partial charge < -0.3 is 4.74 Å². The Hall–Kier alpha value is -1.02. The highest BCUT2D eigenvalue weighted by molar-refractivity contribution is 5.27. The second-order valence-corrected chi connectivity index (χ2v) is 3.91. The molecule has 76 valence electrons. The van der Waals surface area contributed by atoms with E-state index in [0.717, 1.165) is 25.4 Å². The minimum atomic E-state index is 0.400. The molecule has 1 saturated heterocycles. The molecule has 0 saturated carbocycles. The predicted octanol–water partition coefficient (Wildman–Crippen LogP) is 2.08. The average molecular weight is 191 g/mol. The molecule has 0 bridgehead atoms. The quantitative estimate of drug-likeness (QED) is 0.725. The highest BCUT2D eigenvalue weighted by Crippen LogP contribution is 2.18. The first kappa shape index (κ1) is 9.53. The average Bonchev–Trinajstić information content (AvgIpc) is 2.10. The van der Waals surface area contributed by atoms with E-state index in [1.54, 1.807) is 0 Å². The van der Waals surface area contributed by atoms with Crippen molar-refractivity contribution in [3.05, 3.63) is 29.8 Å². The molecule has 0 aromatic heterocycles. The lowest BCUT2D eigenvalue weighted by molar-refractivity contribution is 0.0238. The molecule has 0 unspecified atom stereocenters. The molecule has 2 heteroatoms. The van der Waals surface area contributed by atoms with Gasteiger partial charge in [0.05, 0.1) is 0 Å². The summed E-state index contributed by atoms with van der Waals surface area (Å²) in [6.07, 6.45) is 0.400. The number of aryl methyl sites for hydroxylation is 1. The number of likely N-dealkylation sites (tertiary alicyclic amines) is 1. The Morgan fingerprint density at radius 2 is 2.21 bits per heavy atom. The lowest BCUT2D eigenvalue weighted by Gasteiger charge is -2.38. The van der Waals surface area contributed by atoms with Gasteiger partial charge in [-0.05, 0) is 31.2 Å². The van der Waals surface area contributed by atoms with Crippen molar-refractivity contribution in [2.45, 2.75) is 20.0 Å². The Bertz CT molecular complexity index is 305. The largest absolute Gasteiger partial charge is 0.488 e. The molecule has 1 heterocycles. The van der Waals surface area contributed by atoms with Crippen molar-refractivity contribution in [2.24, 2.45) is 0 Å². The number of rotatable bonds is 3. The van der Waals surface area contributed by atoms with Crippen molar-refractivity contribution in [3.8, 4) is 5.75 Å². The van der Waals surface area contributed by atoms with Crippen LogP contribution in [-0.2, 0) is 0 Å². The number of likely N-dealkylation sites (N-methyl/N-ethyl adjacent to an activating group) is 1. The zero-order valence-corrected chi connectivity index (χ0v) is 8.86. The molecule has 1 fully saturated rings. The van der Waals surface area contributed by atoms with Gasteiger partial charge in [0.15, 0.2) is 0 Å². The van der Waals surface area contributed by atoms with Crippen molar-refractivity contribution in [3.63, 3.8) is 0 Å². The van der Waals surface area contributed by atoms with Crippen molar-refractivity contribution < 1.29 is 4.74 Å². The molecule has 1 aromatic rings. The summed E-state index contributed by atoms with van der Waals surface area (Å²) < 4.78 is 5.82. The van der Waals surface area contributed by atoms with Crippen LogP contribution in [0, 0.1) is 6.92 Å². The zero-order chi connectivity index (χ0) is 9.97.